The lowest BCUT2D eigenvalue weighted by atomic mass is 9.98. The van der Waals surface area contributed by atoms with Gasteiger partial charge >= 0.3 is 0 Å². The summed E-state index contributed by atoms with van der Waals surface area (Å²) < 4.78 is 4.05. The Labute approximate surface area is 119 Å². The third kappa shape index (κ3) is 2.32. The maximum Gasteiger partial charge on any atom is 0.0821 e. The molecule has 0 radical (unpaired) electrons. The summed E-state index contributed by atoms with van der Waals surface area (Å²) in [6.07, 6.45) is 5.55. The van der Waals surface area contributed by atoms with Crippen molar-refractivity contribution in [2.24, 2.45) is 14.1 Å². The summed E-state index contributed by atoms with van der Waals surface area (Å²) in [4.78, 5) is 0. The summed E-state index contributed by atoms with van der Waals surface area (Å²) in [5.41, 5.74) is 10.8. The maximum absolute atomic E-state index is 8.24. The van der Waals surface area contributed by atoms with Crippen LogP contribution in [0.4, 0.5) is 5.69 Å². The predicted molar refractivity (Wildman–Crippen MR) is 85.0 cm³/mol. The van der Waals surface area contributed by atoms with Gasteiger partial charge in [-0.1, -0.05) is 24.8 Å². The van der Waals surface area contributed by atoms with E-state index < -0.39 is 0 Å². The molecule has 0 aliphatic heterocycles. The molecule has 1 aromatic carbocycles. The highest BCUT2D eigenvalue weighted by atomic mass is 15.4. The quantitative estimate of drug-likeness (QED) is 0.499. The minimum Gasteiger partial charge on any atom is -0.398 e. The van der Waals surface area contributed by atoms with E-state index in [-0.39, 0.29) is 0 Å². The second kappa shape index (κ2) is 5.25. The number of hydrogen-bond acceptors (Lipinski definition) is 2. The summed E-state index contributed by atoms with van der Waals surface area (Å²) in [6, 6.07) is 5.80. The van der Waals surface area contributed by atoms with E-state index in [2.05, 4.69) is 6.58 Å². The van der Waals surface area contributed by atoms with Crippen LogP contribution in [-0.4, -0.2) is 15.1 Å². The molecule has 0 saturated carbocycles. The number of rotatable bonds is 4. The van der Waals surface area contributed by atoms with Crippen LogP contribution in [-0.2, 0) is 14.1 Å². The number of aryl methyl sites for hydroxylation is 1. The molecule has 2 rings (SSSR count). The number of aromatic nitrogens is 2. The van der Waals surface area contributed by atoms with E-state index in [0.29, 0.717) is 11.4 Å². The number of anilines is 1. The first-order chi connectivity index (χ1) is 9.45. The number of hydrogen-bond donors (Lipinski definition) is 2. The molecule has 0 bridgehead atoms. The highest BCUT2D eigenvalue weighted by Crippen LogP contribution is 2.26. The molecular weight excluding hydrogens is 248 g/mol. The lowest BCUT2D eigenvalue weighted by Crippen LogP contribution is -2.17. The Kier molecular flexibility index (Phi) is 3.66. The maximum atomic E-state index is 8.24. The van der Waals surface area contributed by atoms with Crippen LogP contribution < -0.4 is 5.73 Å². The summed E-state index contributed by atoms with van der Waals surface area (Å²) in [5, 5.41) is 8.24. The van der Waals surface area contributed by atoms with Crippen molar-refractivity contribution in [1.29, 1.82) is 5.41 Å². The van der Waals surface area contributed by atoms with E-state index in [1.807, 2.05) is 60.9 Å². The summed E-state index contributed by atoms with van der Waals surface area (Å²) in [6.45, 7) is 5.55. The van der Waals surface area contributed by atoms with Crippen LogP contribution in [0.3, 0.4) is 0 Å². The van der Waals surface area contributed by atoms with Gasteiger partial charge in [-0.05, 0) is 24.6 Å². The van der Waals surface area contributed by atoms with Crippen LogP contribution in [0.25, 0.3) is 11.3 Å². The fraction of sp³-hybridized carbons (Fsp3) is 0.188. The fourth-order valence-electron chi connectivity index (χ4n) is 2.13. The van der Waals surface area contributed by atoms with Crippen LogP contribution >= 0.6 is 0 Å². The molecule has 0 aliphatic carbocycles. The summed E-state index contributed by atoms with van der Waals surface area (Å²) in [5.74, 6) is 0. The third-order valence-electron chi connectivity index (χ3n) is 3.51. The van der Waals surface area contributed by atoms with Crippen molar-refractivity contribution >= 4 is 11.4 Å². The second-order valence-electron chi connectivity index (χ2n) is 4.87. The average molecular weight is 268 g/mol. The normalized spacial score (nSPS) is 11.7. The third-order valence-corrected chi connectivity index (χ3v) is 3.51. The number of nitrogens with one attached hydrogen (secondary N) is 1. The first-order valence-electron chi connectivity index (χ1n) is 6.42. The standard InChI is InChI=1S/C16H20N4/c1-5-6-11(2)16(18)13-9-12(7-8-14(13)17)15-10-19(3)20(15)4/h5-10,18H,1,17H2,2-4H3/b11-6+,18-16?. The molecule has 4 nitrogen and oxygen atoms in total. The summed E-state index contributed by atoms with van der Waals surface area (Å²) in [7, 11) is 3.99. The van der Waals surface area contributed by atoms with Crippen LogP contribution in [0.5, 0.6) is 0 Å². The van der Waals surface area contributed by atoms with Crippen molar-refractivity contribution in [3.8, 4) is 11.3 Å². The molecule has 1 heterocycles. The fourth-order valence-corrected chi connectivity index (χ4v) is 2.13. The molecule has 0 spiro atoms. The molecule has 1 aromatic heterocycles. The number of benzene rings is 1. The average Bonchev–Trinajstić information content (AvgIpc) is 2.44. The van der Waals surface area contributed by atoms with Crippen LogP contribution in [0, 0.1) is 5.41 Å². The monoisotopic (exact) mass is 268 g/mol. The number of nitrogen functional groups attached to an aromatic ring is 1. The molecule has 0 atom stereocenters. The number of nitrogens with two attached hydrogens (primary N) is 1. The van der Waals surface area contributed by atoms with Gasteiger partial charge < -0.3 is 5.73 Å². The zero-order valence-electron chi connectivity index (χ0n) is 12.1. The topological polar surface area (TPSA) is 59.7 Å². The van der Waals surface area contributed by atoms with E-state index in [4.69, 9.17) is 11.1 Å². The van der Waals surface area contributed by atoms with Crippen molar-refractivity contribution in [3.63, 3.8) is 0 Å². The Balaban J connectivity index is 2.45. The van der Waals surface area contributed by atoms with Crippen LogP contribution in [0.2, 0.25) is 0 Å². The smallest absolute Gasteiger partial charge is 0.0821 e. The second-order valence-corrected chi connectivity index (χ2v) is 4.87. The first kappa shape index (κ1) is 13.9. The number of allylic oxidation sites excluding steroid dienone is 3. The van der Waals surface area contributed by atoms with Gasteiger partial charge in [-0.25, -0.2) is 0 Å². The van der Waals surface area contributed by atoms with Gasteiger partial charge in [0.1, 0.15) is 0 Å². The molecule has 104 valence electrons. The molecule has 0 amide bonds. The molecule has 0 aliphatic rings. The van der Waals surface area contributed by atoms with E-state index in [1.165, 1.54) is 0 Å². The van der Waals surface area contributed by atoms with E-state index in [1.54, 1.807) is 6.08 Å². The molecule has 20 heavy (non-hydrogen) atoms. The van der Waals surface area contributed by atoms with Gasteiger partial charge in [0.15, 0.2) is 0 Å². The highest BCUT2D eigenvalue weighted by molar-refractivity contribution is 6.13. The van der Waals surface area contributed by atoms with Crippen LogP contribution in [0.15, 0.2) is 48.7 Å². The zero-order valence-corrected chi connectivity index (χ0v) is 12.1. The van der Waals surface area contributed by atoms with Gasteiger partial charge in [0.05, 0.1) is 11.4 Å². The van der Waals surface area contributed by atoms with E-state index in [9.17, 15) is 0 Å². The van der Waals surface area contributed by atoms with Crippen molar-refractivity contribution < 1.29 is 0 Å². The molecule has 0 fully saturated rings. The van der Waals surface area contributed by atoms with Gasteiger partial charge in [-0.2, -0.15) is 0 Å². The van der Waals surface area contributed by atoms with E-state index >= 15 is 0 Å². The first-order valence-corrected chi connectivity index (χ1v) is 6.42. The zero-order chi connectivity index (χ0) is 14.9. The molecule has 2 aromatic rings. The van der Waals surface area contributed by atoms with Crippen molar-refractivity contribution in [1.82, 2.24) is 9.36 Å². The van der Waals surface area contributed by atoms with Crippen LogP contribution in [0.1, 0.15) is 12.5 Å². The summed E-state index contributed by atoms with van der Waals surface area (Å²) >= 11 is 0. The molecule has 0 saturated heterocycles. The van der Waals surface area contributed by atoms with Crippen molar-refractivity contribution in [2.75, 3.05) is 5.73 Å². The molecular formula is C16H20N4. The van der Waals surface area contributed by atoms with Crippen molar-refractivity contribution in [2.45, 2.75) is 6.92 Å². The molecule has 0 unspecified atom stereocenters. The Morgan fingerprint density at radius 3 is 2.60 bits per heavy atom. The van der Waals surface area contributed by atoms with Crippen molar-refractivity contribution in [3.05, 3.63) is 54.3 Å². The Morgan fingerprint density at radius 2 is 2.05 bits per heavy atom. The van der Waals surface area contributed by atoms with Gasteiger partial charge in [-0.3, -0.25) is 14.8 Å². The van der Waals surface area contributed by atoms with E-state index in [0.717, 1.165) is 22.4 Å². The Morgan fingerprint density at radius 1 is 1.35 bits per heavy atom. The number of nitrogens with zero attached hydrogens (tertiary/aromatic N) is 2. The Hall–Kier alpha value is -2.49. The minimum absolute atomic E-state index is 0.431. The molecule has 4 heteroatoms. The highest BCUT2D eigenvalue weighted by Gasteiger charge is 2.12. The Bertz CT molecular complexity index is 698. The van der Waals surface area contributed by atoms with Gasteiger partial charge in [-0.15, -0.1) is 0 Å². The SMILES string of the molecule is C=C/C=C(\C)C(=N)c1cc(-c2cn(C)n2C)ccc1N. The van der Waals surface area contributed by atoms with Gasteiger partial charge in [0.25, 0.3) is 0 Å². The van der Waals surface area contributed by atoms with Gasteiger partial charge in [0.2, 0.25) is 0 Å². The minimum atomic E-state index is 0.431. The lowest BCUT2D eigenvalue weighted by molar-refractivity contribution is 0.536. The molecule has 3 N–H and O–H groups in total. The lowest BCUT2D eigenvalue weighted by Gasteiger charge is -2.21. The van der Waals surface area contributed by atoms with Gasteiger partial charge in [0, 0.05) is 37.1 Å². The largest absolute Gasteiger partial charge is 0.398 e. The predicted octanol–water partition coefficient (Wildman–Crippen LogP) is 3.11.